The Morgan fingerprint density at radius 3 is 2.93 bits per heavy atom. The van der Waals surface area contributed by atoms with Crippen LogP contribution < -0.4 is 0 Å². The van der Waals surface area contributed by atoms with E-state index in [0.29, 0.717) is 12.2 Å². The molecule has 74 valence electrons. The molecule has 1 unspecified atom stereocenters. The molecule has 0 aliphatic heterocycles. The van der Waals surface area contributed by atoms with Crippen molar-refractivity contribution in [3.05, 3.63) is 17.5 Å². The van der Waals surface area contributed by atoms with Crippen molar-refractivity contribution in [3.8, 4) is 6.07 Å². The minimum Gasteiger partial charge on any atom is -0.253 e. The summed E-state index contributed by atoms with van der Waals surface area (Å²) < 4.78 is 12.8. The molecule has 1 aliphatic carbocycles. The summed E-state index contributed by atoms with van der Waals surface area (Å²) in [6.45, 7) is 0. The van der Waals surface area contributed by atoms with Gasteiger partial charge in [-0.15, -0.1) is 11.3 Å². The van der Waals surface area contributed by atoms with Gasteiger partial charge in [-0.25, -0.2) is 0 Å². The summed E-state index contributed by atoms with van der Waals surface area (Å²) in [5.41, 5.74) is 0.0869. The highest BCUT2D eigenvalue weighted by Gasteiger charge is 2.44. The van der Waals surface area contributed by atoms with E-state index in [1.807, 2.05) is 17.5 Å². The first-order valence-electron chi connectivity index (χ1n) is 4.55. The zero-order chi connectivity index (χ0) is 10.0. The van der Waals surface area contributed by atoms with Crippen LogP contribution in [0.25, 0.3) is 0 Å². The molecular weight excluding hydrogens is 214 g/mol. The number of nitriles is 1. The largest absolute Gasteiger partial charge is 0.253 e. The van der Waals surface area contributed by atoms with E-state index in [9.17, 15) is 4.21 Å². The fourth-order valence-electron chi connectivity index (χ4n) is 1.46. The van der Waals surface area contributed by atoms with Crippen LogP contribution >= 0.6 is 11.3 Å². The number of rotatable bonds is 4. The maximum atomic E-state index is 11.8. The molecule has 1 atom stereocenters. The SMILES string of the molecule is N#CCC1(CS(=O)c2cccs2)CC1. The number of hydrogen-bond acceptors (Lipinski definition) is 3. The Balaban J connectivity index is 1.99. The molecule has 1 aliphatic rings. The smallest absolute Gasteiger partial charge is 0.0910 e. The van der Waals surface area contributed by atoms with Gasteiger partial charge in [-0.3, -0.25) is 4.21 Å². The van der Waals surface area contributed by atoms with Crippen molar-refractivity contribution in [1.29, 1.82) is 5.26 Å². The molecule has 1 saturated carbocycles. The second-order valence-corrected chi connectivity index (χ2v) is 6.38. The van der Waals surface area contributed by atoms with Crippen LogP contribution in [-0.4, -0.2) is 9.96 Å². The minimum atomic E-state index is -0.893. The van der Waals surface area contributed by atoms with Crippen LogP contribution in [0.3, 0.4) is 0 Å². The van der Waals surface area contributed by atoms with E-state index in [-0.39, 0.29) is 5.41 Å². The van der Waals surface area contributed by atoms with Crippen LogP contribution in [0.5, 0.6) is 0 Å². The number of hydrogen-bond donors (Lipinski definition) is 0. The van der Waals surface area contributed by atoms with Crippen molar-refractivity contribution < 1.29 is 4.21 Å². The van der Waals surface area contributed by atoms with Crippen molar-refractivity contribution in [2.45, 2.75) is 23.5 Å². The lowest BCUT2D eigenvalue weighted by atomic mass is 10.1. The van der Waals surface area contributed by atoms with E-state index in [4.69, 9.17) is 5.26 Å². The second-order valence-electron chi connectivity index (χ2n) is 3.76. The van der Waals surface area contributed by atoms with Crippen LogP contribution in [-0.2, 0) is 10.8 Å². The molecule has 0 radical (unpaired) electrons. The Kier molecular flexibility index (Phi) is 2.71. The van der Waals surface area contributed by atoms with E-state index >= 15 is 0 Å². The molecule has 0 saturated heterocycles. The highest BCUT2D eigenvalue weighted by molar-refractivity contribution is 7.87. The molecule has 0 bridgehead atoms. The molecular formula is C10H11NOS2. The first-order valence-corrected chi connectivity index (χ1v) is 6.74. The quantitative estimate of drug-likeness (QED) is 0.790. The van der Waals surface area contributed by atoms with Crippen LogP contribution in [0.2, 0.25) is 0 Å². The average molecular weight is 225 g/mol. The van der Waals surface area contributed by atoms with Gasteiger partial charge in [0.15, 0.2) is 0 Å². The van der Waals surface area contributed by atoms with Crippen molar-refractivity contribution in [2.75, 3.05) is 5.75 Å². The third-order valence-electron chi connectivity index (χ3n) is 2.57. The van der Waals surface area contributed by atoms with Gasteiger partial charge in [-0.2, -0.15) is 5.26 Å². The first-order chi connectivity index (χ1) is 6.76. The molecule has 0 aromatic carbocycles. The maximum Gasteiger partial charge on any atom is 0.0910 e. The van der Waals surface area contributed by atoms with Crippen LogP contribution in [0.15, 0.2) is 21.7 Å². The van der Waals surface area contributed by atoms with E-state index in [2.05, 4.69) is 6.07 Å². The van der Waals surface area contributed by atoms with Crippen molar-refractivity contribution in [1.82, 2.24) is 0 Å². The van der Waals surface area contributed by atoms with E-state index in [1.54, 1.807) is 0 Å². The zero-order valence-corrected chi connectivity index (χ0v) is 9.37. The molecule has 1 aromatic rings. The van der Waals surface area contributed by atoms with Gasteiger partial charge in [0.05, 0.1) is 21.1 Å². The topological polar surface area (TPSA) is 40.9 Å². The Labute approximate surface area is 90.0 Å². The molecule has 0 amide bonds. The van der Waals surface area contributed by atoms with Gasteiger partial charge in [0.2, 0.25) is 0 Å². The van der Waals surface area contributed by atoms with Gasteiger partial charge in [-0.1, -0.05) is 6.07 Å². The highest BCUT2D eigenvalue weighted by Crippen LogP contribution is 2.49. The fourth-order valence-corrected chi connectivity index (χ4v) is 4.00. The van der Waals surface area contributed by atoms with Gasteiger partial charge in [0, 0.05) is 12.2 Å². The summed E-state index contributed by atoms with van der Waals surface area (Å²) in [5, 5.41) is 10.6. The van der Waals surface area contributed by atoms with Gasteiger partial charge >= 0.3 is 0 Å². The summed E-state index contributed by atoms with van der Waals surface area (Å²) >= 11 is 1.53. The predicted octanol–water partition coefficient (Wildman–Crippen LogP) is 2.55. The standard InChI is InChI=1S/C10H11NOS2/c11-6-5-10(3-4-10)8-14(12)9-2-1-7-13-9/h1-2,7H,3-5,8H2. The van der Waals surface area contributed by atoms with Gasteiger partial charge in [0.1, 0.15) is 0 Å². The molecule has 1 aromatic heterocycles. The van der Waals surface area contributed by atoms with E-state index in [1.165, 1.54) is 11.3 Å². The average Bonchev–Trinajstić information content (AvgIpc) is 2.70. The summed E-state index contributed by atoms with van der Waals surface area (Å²) in [4.78, 5) is 0. The Hall–Kier alpha value is -0.660. The molecule has 14 heavy (non-hydrogen) atoms. The molecule has 2 rings (SSSR count). The second kappa shape index (κ2) is 3.84. The van der Waals surface area contributed by atoms with E-state index < -0.39 is 10.8 Å². The highest BCUT2D eigenvalue weighted by atomic mass is 32.2. The van der Waals surface area contributed by atoms with Crippen molar-refractivity contribution in [3.63, 3.8) is 0 Å². The lowest BCUT2D eigenvalue weighted by Gasteiger charge is -2.08. The van der Waals surface area contributed by atoms with Crippen molar-refractivity contribution >= 4 is 22.1 Å². The Morgan fingerprint density at radius 2 is 2.43 bits per heavy atom. The third-order valence-corrected chi connectivity index (χ3v) is 5.54. The molecule has 4 heteroatoms. The fraction of sp³-hybridized carbons (Fsp3) is 0.500. The minimum absolute atomic E-state index is 0.0869. The van der Waals surface area contributed by atoms with Gasteiger partial charge < -0.3 is 0 Å². The summed E-state index contributed by atoms with van der Waals surface area (Å²) in [6, 6.07) is 6.01. The monoisotopic (exact) mass is 225 g/mol. The van der Waals surface area contributed by atoms with Crippen molar-refractivity contribution in [2.24, 2.45) is 5.41 Å². The third kappa shape index (κ3) is 2.05. The summed E-state index contributed by atoms with van der Waals surface area (Å²) in [5.74, 6) is 0.668. The lowest BCUT2D eigenvalue weighted by Crippen LogP contribution is -2.10. The molecule has 0 spiro atoms. The maximum absolute atomic E-state index is 11.8. The van der Waals surface area contributed by atoms with Crippen LogP contribution in [0.4, 0.5) is 0 Å². The van der Waals surface area contributed by atoms with Gasteiger partial charge in [0.25, 0.3) is 0 Å². The lowest BCUT2D eigenvalue weighted by molar-refractivity contribution is 0.588. The molecule has 1 heterocycles. The summed E-state index contributed by atoms with van der Waals surface area (Å²) in [6.07, 6.45) is 2.69. The Bertz CT molecular complexity index is 373. The molecule has 1 fully saturated rings. The molecule has 0 N–H and O–H groups in total. The Morgan fingerprint density at radius 1 is 1.64 bits per heavy atom. The first kappa shape index (κ1) is 9.88. The number of nitrogens with zero attached hydrogens (tertiary/aromatic N) is 1. The zero-order valence-electron chi connectivity index (χ0n) is 7.73. The van der Waals surface area contributed by atoms with E-state index in [0.717, 1.165) is 17.1 Å². The van der Waals surface area contributed by atoms with Crippen LogP contribution in [0, 0.1) is 16.7 Å². The predicted molar refractivity (Wildman–Crippen MR) is 57.5 cm³/mol. The normalized spacial score (nSPS) is 19.9. The summed E-state index contributed by atoms with van der Waals surface area (Å²) in [7, 11) is -0.893. The van der Waals surface area contributed by atoms with Crippen LogP contribution in [0.1, 0.15) is 19.3 Å². The molecule has 2 nitrogen and oxygen atoms in total. The number of thiophene rings is 1. The van der Waals surface area contributed by atoms with Gasteiger partial charge in [-0.05, 0) is 29.7 Å².